The van der Waals surface area contributed by atoms with Crippen molar-refractivity contribution < 1.29 is 0 Å². The number of hydrogen-bond donors (Lipinski definition) is 1. The molecule has 1 saturated carbocycles. The molecule has 0 unspecified atom stereocenters. The standard InChI is InChI=1S/C23H34N4S/c1-18(14-15-19-10-6-4-7-11-19)24-16-20-17-25-23(28-3)26-22(20)27(2)21-12-8-5-9-13-21/h4,6-7,10-11,17-18,21,24H,5,8-9,12-16H2,1-3H3/t18-/m0/s1. The third-order valence-corrected chi connectivity index (χ3v) is 6.37. The average molecular weight is 399 g/mol. The molecule has 4 nitrogen and oxygen atoms in total. The summed E-state index contributed by atoms with van der Waals surface area (Å²) in [5.41, 5.74) is 2.61. The molecule has 1 heterocycles. The van der Waals surface area contributed by atoms with Crippen LogP contribution in [0.3, 0.4) is 0 Å². The van der Waals surface area contributed by atoms with Gasteiger partial charge in [0.25, 0.3) is 0 Å². The highest BCUT2D eigenvalue weighted by atomic mass is 32.2. The highest BCUT2D eigenvalue weighted by Crippen LogP contribution is 2.28. The molecule has 1 fully saturated rings. The Kier molecular flexibility index (Phi) is 8.16. The second-order valence-electron chi connectivity index (χ2n) is 7.91. The molecule has 1 atom stereocenters. The Hall–Kier alpha value is -1.59. The molecule has 1 aromatic carbocycles. The largest absolute Gasteiger partial charge is 0.356 e. The summed E-state index contributed by atoms with van der Waals surface area (Å²) in [6.45, 7) is 3.08. The average Bonchev–Trinajstić information content (AvgIpc) is 2.77. The van der Waals surface area contributed by atoms with Crippen LogP contribution in [0.25, 0.3) is 0 Å². The van der Waals surface area contributed by atoms with Gasteiger partial charge >= 0.3 is 0 Å². The molecule has 0 aliphatic heterocycles. The van der Waals surface area contributed by atoms with Crippen LogP contribution in [0, 0.1) is 0 Å². The van der Waals surface area contributed by atoms with Crippen LogP contribution in [0.1, 0.15) is 56.6 Å². The van der Waals surface area contributed by atoms with E-state index in [1.165, 1.54) is 43.2 Å². The van der Waals surface area contributed by atoms with Gasteiger partial charge in [0.1, 0.15) is 5.82 Å². The highest BCUT2D eigenvalue weighted by molar-refractivity contribution is 7.98. The van der Waals surface area contributed by atoms with Gasteiger partial charge in [-0.1, -0.05) is 61.4 Å². The van der Waals surface area contributed by atoms with Gasteiger partial charge in [-0.2, -0.15) is 0 Å². The first-order valence-electron chi connectivity index (χ1n) is 10.6. The summed E-state index contributed by atoms with van der Waals surface area (Å²) in [7, 11) is 2.21. The summed E-state index contributed by atoms with van der Waals surface area (Å²) in [5.74, 6) is 1.11. The van der Waals surface area contributed by atoms with Gasteiger partial charge in [-0.15, -0.1) is 0 Å². The van der Waals surface area contributed by atoms with E-state index in [1.807, 2.05) is 12.5 Å². The van der Waals surface area contributed by atoms with E-state index in [9.17, 15) is 0 Å². The molecule has 1 N–H and O–H groups in total. The van der Waals surface area contributed by atoms with Crippen molar-refractivity contribution in [1.29, 1.82) is 0 Å². The molecule has 5 heteroatoms. The second kappa shape index (κ2) is 10.8. The zero-order valence-corrected chi connectivity index (χ0v) is 18.3. The summed E-state index contributed by atoms with van der Waals surface area (Å²) in [5, 5.41) is 4.55. The summed E-state index contributed by atoms with van der Waals surface area (Å²) in [4.78, 5) is 11.8. The van der Waals surface area contributed by atoms with E-state index in [-0.39, 0.29) is 0 Å². The molecule has 0 bridgehead atoms. The molecule has 28 heavy (non-hydrogen) atoms. The van der Waals surface area contributed by atoms with Gasteiger partial charge in [0.15, 0.2) is 5.16 Å². The molecule has 0 saturated heterocycles. The molecular weight excluding hydrogens is 364 g/mol. The Morgan fingerprint density at radius 1 is 1.18 bits per heavy atom. The van der Waals surface area contributed by atoms with Gasteiger partial charge in [-0.05, 0) is 44.4 Å². The minimum Gasteiger partial charge on any atom is -0.356 e. The first-order valence-corrected chi connectivity index (χ1v) is 11.8. The third-order valence-electron chi connectivity index (χ3n) is 5.81. The molecular formula is C23H34N4S. The normalized spacial score (nSPS) is 16.1. The molecule has 1 aromatic heterocycles. The van der Waals surface area contributed by atoms with Crippen LogP contribution in [0.5, 0.6) is 0 Å². The van der Waals surface area contributed by atoms with E-state index in [1.54, 1.807) is 11.8 Å². The quantitative estimate of drug-likeness (QED) is 0.471. The van der Waals surface area contributed by atoms with Gasteiger partial charge < -0.3 is 10.2 Å². The SMILES string of the molecule is CSc1ncc(CN[C@@H](C)CCc2ccccc2)c(N(C)C2CCCCC2)n1. The smallest absolute Gasteiger partial charge is 0.189 e. The van der Waals surface area contributed by atoms with Crippen LogP contribution in [-0.4, -0.2) is 35.4 Å². The first kappa shape index (κ1) is 21.1. The van der Waals surface area contributed by atoms with Gasteiger partial charge in [0, 0.05) is 37.4 Å². The number of aromatic nitrogens is 2. The number of nitrogens with zero attached hydrogens (tertiary/aromatic N) is 3. The maximum Gasteiger partial charge on any atom is 0.189 e. The minimum atomic E-state index is 0.452. The number of benzene rings is 1. The maximum absolute atomic E-state index is 4.88. The van der Waals surface area contributed by atoms with Crippen molar-refractivity contribution in [2.75, 3.05) is 18.2 Å². The minimum absolute atomic E-state index is 0.452. The van der Waals surface area contributed by atoms with Crippen LogP contribution in [0.15, 0.2) is 41.7 Å². The Bertz CT molecular complexity index is 716. The number of rotatable bonds is 9. The molecule has 0 radical (unpaired) electrons. The van der Waals surface area contributed by atoms with E-state index in [4.69, 9.17) is 4.98 Å². The fourth-order valence-corrected chi connectivity index (χ4v) is 4.30. The van der Waals surface area contributed by atoms with Crippen LogP contribution >= 0.6 is 11.8 Å². The summed E-state index contributed by atoms with van der Waals surface area (Å²) < 4.78 is 0. The van der Waals surface area contributed by atoms with E-state index >= 15 is 0 Å². The zero-order chi connectivity index (χ0) is 19.8. The van der Waals surface area contributed by atoms with Crippen LogP contribution in [0.4, 0.5) is 5.82 Å². The van der Waals surface area contributed by atoms with Crippen molar-refractivity contribution >= 4 is 17.6 Å². The van der Waals surface area contributed by atoms with E-state index in [0.29, 0.717) is 12.1 Å². The molecule has 0 amide bonds. The van der Waals surface area contributed by atoms with Gasteiger partial charge in [-0.3, -0.25) is 0 Å². The van der Waals surface area contributed by atoms with Crippen molar-refractivity contribution in [2.45, 2.75) is 75.7 Å². The number of nitrogens with one attached hydrogen (secondary N) is 1. The molecule has 152 valence electrons. The fourth-order valence-electron chi connectivity index (χ4n) is 3.97. The maximum atomic E-state index is 4.88. The molecule has 1 aliphatic rings. The number of aryl methyl sites for hydroxylation is 1. The van der Waals surface area contributed by atoms with Gasteiger partial charge in [-0.25, -0.2) is 9.97 Å². The van der Waals surface area contributed by atoms with Crippen LogP contribution in [0.2, 0.25) is 0 Å². The van der Waals surface area contributed by atoms with E-state index in [0.717, 1.165) is 30.4 Å². The lowest BCUT2D eigenvalue weighted by molar-refractivity contribution is 0.424. The molecule has 3 rings (SSSR count). The summed E-state index contributed by atoms with van der Waals surface area (Å²) >= 11 is 1.62. The third kappa shape index (κ3) is 5.95. The lowest BCUT2D eigenvalue weighted by atomic mass is 9.94. The van der Waals surface area contributed by atoms with Crippen molar-refractivity contribution in [2.24, 2.45) is 0 Å². The lowest BCUT2D eigenvalue weighted by Gasteiger charge is -2.33. The zero-order valence-electron chi connectivity index (χ0n) is 17.5. The Morgan fingerprint density at radius 2 is 1.93 bits per heavy atom. The Labute approximate surface area is 174 Å². The van der Waals surface area contributed by atoms with E-state index < -0.39 is 0 Å². The molecule has 1 aliphatic carbocycles. The Morgan fingerprint density at radius 3 is 2.64 bits per heavy atom. The molecule has 2 aromatic rings. The predicted octanol–water partition coefficient (Wildman–Crippen LogP) is 5.08. The highest BCUT2D eigenvalue weighted by Gasteiger charge is 2.22. The van der Waals surface area contributed by atoms with Crippen molar-refractivity contribution in [3.05, 3.63) is 47.7 Å². The number of anilines is 1. The molecule has 0 spiro atoms. The topological polar surface area (TPSA) is 41.1 Å². The first-order chi connectivity index (χ1) is 13.7. The van der Waals surface area contributed by atoms with Crippen LogP contribution < -0.4 is 10.2 Å². The van der Waals surface area contributed by atoms with Crippen molar-refractivity contribution in [1.82, 2.24) is 15.3 Å². The Balaban J connectivity index is 1.62. The predicted molar refractivity (Wildman–Crippen MR) is 120 cm³/mol. The monoisotopic (exact) mass is 398 g/mol. The van der Waals surface area contributed by atoms with Gasteiger partial charge in [0.2, 0.25) is 0 Å². The van der Waals surface area contributed by atoms with E-state index in [2.05, 4.69) is 59.5 Å². The van der Waals surface area contributed by atoms with Crippen molar-refractivity contribution in [3.63, 3.8) is 0 Å². The van der Waals surface area contributed by atoms with Gasteiger partial charge in [0.05, 0.1) is 0 Å². The summed E-state index contributed by atoms with van der Waals surface area (Å²) in [6, 6.07) is 11.8. The lowest BCUT2D eigenvalue weighted by Crippen LogP contribution is -2.35. The fraction of sp³-hybridized carbons (Fsp3) is 0.565. The summed E-state index contributed by atoms with van der Waals surface area (Å²) in [6.07, 6.45) is 12.9. The van der Waals surface area contributed by atoms with Crippen molar-refractivity contribution in [3.8, 4) is 0 Å². The van der Waals surface area contributed by atoms with Crippen LogP contribution in [-0.2, 0) is 13.0 Å². The number of hydrogen-bond acceptors (Lipinski definition) is 5. The number of thioether (sulfide) groups is 1. The second-order valence-corrected chi connectivity index (χ2v) is 8.69.